The maximum absolute atomic E-state index is 12.1. The summed E-state index contributed by atoms with van der Waals surface area (Å²) in [6.45, 7) is 3.11. The zero-order valence-corrected chi connectivity index (χ0v) is 12.4. The van der Waals surface area contributed by atoms with Crippen LogP contribution in [0.15, 0.2) is 0 Å². The molecule has 1 N–H and O–H groups in total. The van der Waals surface area contributed by atoms with E-state index in [1.807, 2.05) is 0 Å². The highest BCUT2D eigenvalue weighted by atomic mass is 16.5. The Hall–Kier alpha value is -0.610. The molecule has 4 heteroatoms. The van der Waals surface area contributed by atoms with Crippen LogP contribution in [0, 0.1) is 5.41 Å². The van der Waals surface area contributed by atoms with Gasteiger partial charge in [-0.3, -0.25) is 4.79 Å². The number of esters is 1. The number of carbonyl (C=O) groups excluding carboxylic acids is 1. The number of nitrogens with one attached hydrogen (secondary N) is 1. The van der Waals surface area contributed by atoms with Crippen molar-refractivity contribution < 1.29 is 9.53 Å². The molecule has 19 heavy (non-hydrogen) atoms. The predicted octanol–water partition coefficient (Wildman–Crippen LogP) is 1.79. The molecule has 110 valence electrons. The molecule has 2 aliphatic rings. The number of nitrogens with zero attached hydrogens (tertiary/aromatic N) is 1. The van der Waals surface area contributed by atoms with Crippen LogP contribution < -0.4 is 5.32 Å². The minimum absolute atomic E-state index is 0.00683. The molecule has 2 rings (SSSR count). The second-order valence-corrected chi connectivity index (χ2v) is 6.29. The van der Waals surface area contributed by atoms with E-state index in [0.29, 0.717) is 6.04 Å². The Morgan fingerprint density at radius 3 is 2.47 bits per heavy atom. The lowest BCUT2D eigenvalue weighted by atomic mass is 9.73. The molecule has 1 heterocycles. The van der Waals surface area contributed by atoms with E-state index in [4.69, 9.17) is 4.74 Å². The summed E-state index contributed by atoms with van der Waals surface area (Å²) in [4.78, 5) is 14.5. The van der Waals surface area contributed by atoms with Crippen LogP contribution in [-0.2, 0) is 9.53 Å². The van der Waals surface area contributed by atoms with Crippen molar-refractivity contribution >= 4 is 5.97 Å². The highest BCUT2D eigenvalue weighted by Crippen LogP contribution is 2.37. The van der Waals surface area contributed by atoms with Gasteiger partial charge >= 0.3 is 5.97 Å². The predicted molar refractivity (Wildman–Crippen MR) is 76.1 cm³/mol. The fourth-order valence-electron chi connectivity index (χ4n) is 3.45. The second-order valence-electron chi connectivity index (χ2n) is 6.29. The van der Waals surface area contributed by atoms with Crippen molar-refractivity contribution in [1.29, 1.82) is 0 Å². The van der Waals surface area contributed by atoms with Gasteiger partial charge in [0.25, 0.3) is 0 Å². The minimum Gasteiger partial charge on any atom is -0.469 e. The normalized spacial score (nSPS) is 25.2. The fourth-order valence-corrected chi connectivity index (χ4v) is 3.45. The monoisotopic (exact) mass is 268 g/mol. The zero-order chi connectivity index (χ0) is 13.7. The lowest BCUT2D eigenvalue weighted by Gasteiger charge is -2.37. The van der Waals surface area contributed by atoms with Crippen LogP contribution in [0.2, 0.25) is 0 Å². The van der Waals surface area contributed by atoms with Crippen molar-refractivity contribution in [2.75, 3.05) is 33.8 Å². The van der Waals surface area contributed by atoms with Gasteiger partial charge in [0.05, 0.1) is 12.5 Å². The molecule has 1 saturated carbocycles. The Morgan fingerprint density at radius 1 is 1.26 bits per heavy atom. The highest BCUT2D eigenvalue weighted by molar-refractivity contribution is 5.77. The largest absolute Gasteiger partial charge is 0.469 e. The van der Waals surface area contributed by atoms with E-state index in [1.54, 1.807) is 0 Å². The summed E-state index contributed by atoms with van der Waals surface area (Å²) in [6, 6.07) is 0.569. The number of carbonyl (C=O) groups is 1. The Bertz CT molecular complexity index is 293. The Kier molecular flexibility index (Phi) is 5.22. The lowest BCUT2D eigenvalue weighted by molar-refractivity contribution is -0.154. The first-order chi connectivity index (χ1) is 9.16. The number of rotatable bonds is 4. The molecule has 2 fully saturated rings. The van der Waals surface area contributed by atoms with Gasteiger partial charge in [-0.25, -0.2) is 0 Å². The average molecular weight is 268 g/mol. The second kappa shape index (κ2) is 6.71. The first-order valence-corrected chi connectivity index (χ1v) is 7.67. The van der Waals surface area contributed by atoms with E-state index >= 15 is 0 Å². The SMILES string of the molecule is COC(=O)C1(CNC2CCN(C)CC2)CCCCC1. The first-order valence-electron chi connectivity index (χ1n) is 7.67. The first kappa shape index (κ1) is 14.8. The highest BCUT2D eigenvalue weighted by Gasteiger charge is 2.40. The lowest BCUT2D eigenvalue weighted by Crippen LogP contribution is -2.48. The third-order valence-electron chi connectivity index (χ3n) is 4.88. The summed E-state index contributed by atoms with van der Waals surface area (Å²) in [5.41, 5.74) is -0.254. The molecule has 0 aromatic carbocycles. The summed E-state index contributed by atoms with van der Waals surface area (Å²) < 4.78 is 5.06. The standard InChI is InChI=1S/C15H28N2O2/c1-17-10-6-13(7-11-17)16-12-15(14(18)19-2)8-4-3-5-9-15/h13,16H,3-12H2,1-2H3. The number of likely N-dealkylation sites (tertiary alicyclic amines) is 1. The molecular weight excluding hydrogens is 240 g/mol. The summed E-state index contributed by atoms with van der Waals surface area (Å²) in [7, 11) is 3.70. The van der Waals surface area contributed by atoms with Crippen LogP contribution in [0.3, 0.4) is 0 Å². The quantitative estimate of drug-likeness (QED) is 0.789. The number of hydrogen-bond acceptors (Lipinski definition) is 4. The molecule has 0 aromatic rings. The van der Waals surface area contributed by atoms with E-state index < -0.39 is 0 Å². The summed E-state index contributed by atoms with van der Waals surface area (Å²) in [6.07, 6.45) is 7.92. The molecule has 0 aromatic heterocycles. The third kappa shape index (κ3) is 3.69. The molecule has 1 aliphatic heterocycles. The van der Waals surface area contributed by atoms with Crippen molar-refractivity contribution in [3.05, 3.63) is 0 Å². The number of hydrogen-bond donors (Lipinski definition) is 1. The molecule has 1 aliphatic carbocycles. The smallest absolute Gasteiger partial charge is 0.313 e. The summed E-state index contributed by atoms with van der Waals surface area (Å²) in [5, 5.41) is 3.64. The van der Waals surface area contributed by atoms with E-state index in [9.17, 15) is 4.79 Å². The molecule has 0 radical (unpaired) electrons. The summed E-state index contributed by atoms with van der Waals surface area (Å²) >= 11 is 0. The number of piperidine rings is 1. The van der Waals surface area contributed by atoms with Gasteiger partial charge < -0.3 is 15.0 Å². The molecule has 1 saturated heterocycles. The van der Waals surface area contributed by atoms with Crippen molar-refractivity contribution in [3.8, 4) is 0 Å². The Morgan fingerprint density at radius 2 is 1.89 bits per heavy atom. The van der Waals surface area contributed by atoms with E-state index in [2.05, 4.69) is 17.3 Å². The van der Waals surface area contributed by atoms with Gasteiger partial charge in [0, 0.05) is 12.6 Å². The van der Waals surface area contributed by atoms with E-state index in [1.165, 1.54) is 26.4 Å². The molecule has 4 nitrogen and oxygen atoms in total. The molecule has 0 spiro atoms. The van der Waals surface area contributed by atoms with E-state index in [0.717, 1.165) is 45.3 Å². The van der Waals surface area contributed by atoms with Crippen molar-refractivity contribution in [3.63, 3.8) is 0 Å². The van der Waals surface area contributed by atoms with Crippen molar-refractivity contribution in [2.24, 2.45) is 5.41 Å². The van der Waals surface area contributed by atoms with Crippen LogP contribution in [0.25, 0.3) is 0 Å². The van der Waals surface area contributed by atoms with Gasteiger partial charge in [0.15, 0.2) is 0 Å². The van der Waals surface area contributed by atoms with Gasteiger partial charge in [-0.2, -0.15) is 0 Å². The number of methoxy groups -OCH3 is 1. The average Bonchev–Trinajstić information content (AvgIpc) is 2.47. The van der Waals surface area contributed by atoms with Crippen molar-refractivity contribution in [1.82, 2.24) is 10.2 Å². The molecule has 0 amide bonds. The summed E-state index contributed by atoms with van der Waals surface area (Å²) in [5.74, 6) is -0.00683. The topological polar surface area (TPSA) is 41.6 Å². The molecule has 0 bridgehead atoms. The number of ether oxygens (including phenoxy) is 1. The molecule has 0 atom stereocenters. The van der Waals surface area contributed by atoms with Crippen LogP contribution >= 0.6 is 0 Å². The minimum atomic E-state index is -0.254. The molecule has 0 unspecified atom stereocenters. The van der Waals surface area contributed by atoms with Gasteiger partial charge in [-0.15, -0.1) is 0 Å². The Labute approximate surface area is 116 Å². The van der Waals surface area contributed by atoms with Crippen LogP contribution in [0.5, 0.6) is 0 Å². The van der Waals surface area contributed by atoms with Crippen molar-refractivity contribution in [2.45, 2.75) is 51.0 Å². The third-order valence-corrected chi connectivity index (χ3v) is 4.88. The zero-order valence-electron chi connectivity index (χ0n) is 12.4. The van der Waals surface area contributed by atoms with Gasteiger partial charge in [-0.05, 0) is 45.8 Å². The van der Waals surface area contributed by atoms with Crippen LogP contribution in [-0.4, -0.2) is 50.7 Å². The fraction of sp³-hybridized carbons (Fsp3) is 0.933. The maximum atomic E-state index is 12.1. The van der Waals surface area contributed by atoms with Gasteiger partial charge in [0.2, 0.25) is 0 Å². The van der Waals surface area contributed by atoms with Crippen LogP contribution in [0.1, 0.15) is 44.9 Å². The maximum Gasteiger partial charge on any atom is 0.313 e. The van der Waals surface area contributed by atoms with Gasteiger partial charge in [-0.1, -0.05) is 19.3 Å². The Balaban J connectivity index is 1.87. The molecular formula is C15H28N2O2. The van der Waals surface area contributed by atoms with Crippen LogP contribution in [0.4, 0.5) is 0 Å². The van der Waals surface area contributed by atoms with E-state index in [-0.39, 0.29) is 11.4 Å². The van der Waals surface area contributed by atoms with Gasteiger partial charge in [0.1, 0.15) is 0 Å².